The lowest BCUT2D eigenvalue weighted by atomic mass is 9.95. The van der Waals surface area contributed by atoms with Gasteiger partial charge in [0.15, 0.2) is 0 Å². The molecule has 0 aliphatic heterocycles. The minimum absolute atomic E-state index is 0.419. The molecule has 2 heterocycles. The van der Waals surface area contributed by atoms with Gasteiger partial charge in [-0.3, -0.25) is 4.68 Å². The number of fused-ring (bicyclic) bond motifs is 1. The maximum Gasteiger partial charge on any atom is 0.134 e. The lowest BCUT2D eigenvalue weighted by molar-refractivity contribution is 0.499. The Hall–Kier alpha value is -2.81. The van der Waals surface area contributed by atoms with Gasteiger partial charge in [0.25, 0.3) is 0 Å². The van der Waals surface area contributed by atoms with Crippen molar-refractivity contribution >= 4 is 11.0 Å². The van der Waals surface area contributed by atoms with Crippen LogP contribution in [-0.2, 0) is 13.0 Å². The van der Waals surface area contributed by atoms with Gasteiger partial charge >= 0.3 is 0 Å². The Morgan fingerprint density at radius 3 is 2.57 bits per heavy atom. The molecule has 0 amide bonds. The Balaban J connectivity index is 1.46. The highest BCUT2D eigenvalue weighted by molar-refractivity contribution is 5.78. The van der Waals surface area contributed by atoms with Crippen molar-refractivity contribution in [2.24, 2.45) is 0 Å². The van der Waals surface area contributed by atoms with Gasteiger partial charge in [-0.05, 0) is 53.6 Å². The van der Waals surface area contributed by atoms with E-state index in [2.05, 4.69) is 80.6 Å². The summed E-state index contributed by atoms with van der Waals surface area (Å²) >= 11 is 0. The van der Waals surface area contributed by atoms with Crippen LogP contribution in [0.4, 0.5) is 0 Å². The number of aromatic nitrogens is 2. The van der Waals surface area contributed by atoms with E-state index in [4.69, 9.17) is 4.42 Å². The molecule has 0 bridgehead atoms. The summed E-state index contributed by atoms with van der Waals surface area (Å²) in [4.78, 5) is 0. The fourth-order valence-corrected chi connectivity index (χ4v) is 3.65. The zero-order valence-electron chi connectivity index (χ0n) is 16.9. The van der Waals surface area contributed by atoms with Gasteiger partial charge in [0, 0.05) is 17.5 Å². The number of rotatable bonds is 7. The van der Waals surface area contributed by atoms with Crippen LogP contribution in [0, 0.1) is 0 Å². The first-order chi connectivity index (χ1) is 13.6. The summed E-state index contributed by atoms with van der Waals surface area (Å²) in [5.41, 5.74) is 4.88. The molecule has 2 atom stereocenters. The molecule has 28 heavy (non-hydrogen) atoms. The highest BCUT2D eigenvalue weighted by Gasteiger charge is 2.13. The van der Waals surface area contributed by atoms with Crippen molar-refractivity contribution < 1.29 is 4.42 Å². The minimum Gasteiger partial charge on any atom is -0.461 e. The molecule has 3 nitrogen and oxygen atoms in total. The molecular formula is C25H28N2O. The van der Waals surface area contributed by atoms with Gasteiger partial charge in [-0.1, -0.05) is 57.2 Å². The van der Waals surface area contributed by atoms with Crippen molar-refractivity contribution in [1.29, 1.82) is 0 Å². The van der Waals surface area contributed by atoms with Gasteiger partial charge < -0.3 is 4.42 Å². The quantitative estimate of drug-likeness (QED) is 0.369. The molecular weight excluding hydrogens is 344 g/mol. The highest BCUT2D eigenvalue weighted by Crippen LogP contribution is 2.29. The van der Waals surface area contributed by atoms with Gasteiger partial charge in [-0.25, -0.2) is 0 Å². The van der Waals surface area contributed by atoms with E-state index in [0.29, 0.717) is 11.8 Å². The summed E-state index contributed by atoms with van der Waals surface area (Å²) in [6, 6.07) is 19.2. The van der Waals surface area contributed by atoms with E-state index in [1.165, 1.54) is 22.1 Å². The molecule has 0 aliphatic rings. The van der Waals surface area contributed by atoms with Crippen molar-refractivity contribution in [3.8, 4) is 0 Å². The number of hydrogen-bond donors (Lipinski definition) is 0. The fraction of sp³-hybridized carbons (Fsp3) is 0.320. The van der Waals surface area contributed by atoms with Crippen LogP contribution in [0.25, 0.3) is 11.0 Å². The van der Waals surface area contributed by atoms with Crippen LogP contribution in [0.1, 0.15) is 61.5 Å². The van der Waals surface area contributed by atoms with E-state index >= 15 is 0 Å². The average Bonchev–Trinajstić information content (AvgIpc) is 3.35. The van der Waals surface area contributed by atoms with Crippen molar-refractivity contribution in [1.82, 2.24) is 9.78 Å². The molecule has 2 aromatic carbocycles. The Bertz CT molecular complexity index is 1040. The maximum absolute atomic E-state index is 6.01. The molecule has 4 rings (SSSR count). The summed E-state index contributed by atoms with van der Waals surface area (Å²) in [6.07, 6.45) is 6.27. The van der Waals surface area contributed by atoms with Crippen molar-refractivity contribution in [2.75, 3.05) is 0 Å². The van der Waals surface area contributed by atoms with E-state index in [1.807, 2.05) is 16.9 Å². The second kappa shape index (κ2) is 8.05. The Labute approximate surface area is 167 Å². The molecule has 0 spiro atoms. The van der Waals surface area contributed by atoms with Crippen LogP contribution >= 0.6 is 0 Å². The first-order valence-corrected chi connectivity index (χ1v) is 10.2. The average molecular weight is 373 g/mol. The van der Waals surface area contributed by atoms with Gasteiger partial charge in [0.2, 0.25) is 0 Å². The molecule has 0 fully saturated rings. The number of hydrogen-bond acceptors (Lipinski definition) is 2. The molecule has 2 unspecified atom stereocenters. The van der Waals surface area contributed by atoms with E-state index in [0.717, 1.165) is 30.7 Å². The monoisotopic (exact) mass is 372 g/mol. The second-order valence-corrected chi connectivity index (χ2v) is 7.89. The molecule has 2 aromatic heterocycles. The number of nitrogens with zero attached hydrogens (tertiary/aromatic N) is 2. The zero-order valence-corrected chi connectivity index (χ0v) is 16.9. The summed E-state index contributed by atoms with van der Waals surface area (Å²) in [6.45, 7) is 7.50. The minimum atomic E-state index is 0.419. The third kappa shape index (κ3) is 4.04. The molecule has 0 saturated heterocycles. The Morgan fingerprint density at radius 2 is 1.79 bits per heavy atom. The Kier molecular flexibility index (Phi) is 5.34. The van der Waals surface area contributed by atoms with E-state index in [1.54, 1.807) is 0 Å². The lowest BCUT2D eigenvalue weighted by Crippen LogP contribution is -2.00. The first kappa shape index (κ1) is 18.5. The maximum atomic E-state index is 6.01. The van der Waals surface area contributed by atoms with Gasteiger partial charge in [-0.2, -0.15) is 5.10 Å². The second-order valence-electron chi connectivity index (χ2n) is 7.89. The van der Waals surface area contributed by atoms with Crippen molar-refractivity contribution in [3.05, 3.63) is 89.4 Å². The van der Waals surface area contributed by atoms with Crippen LogP contribution in [0.3, 0.4) is 0 Å². The third-order valence-electron chi connectivity index (χ3n) is 5.65. The van der Waals surface area contributed by atoms with E-state index in [-0.39, 0.29) is 0 Å². The van der Waals surface area contributed by atoms with Gasteiger partial charge in [0.1, 0.15) is 11.3 Å². The predicted molar refractivity (Wildman–Crippen MR) is 115 cm³/mol. The van der Waals surface area contributed by atoms with E-state index < -0.39 is 0 Å². The Morgan fingerprint density at radius 1 is 0.964 bits per heavy atom. The lowest BCUT2D eigenvalue weighted by Gasteiger charge is -2.09. The smallest absolute Gasteiger partial charge is 0.134 e. The van der Waals surface area contributed by atoms with Crippen LogP contribution in [-0.4, -0.2) is 9.78 Å². The fourth-order valence-electron chi connectivity index (χ4n) is 3.65. The van der Waals surface area contributed by atoms with Crippen LogP contribution in [0.5, 0.6) is 0 Å². The normalized spacial score (nSPS) is 13.7. The van der Waals surface area contributed by atoms with Crippen molar-refractivity contribution in [3.63, 3.8) is 0 Å². The highest BCUT2D eigenvalue weighted by atomic mass is 16.3. The largest absolute Gasteiger partial charge is 0.461 e. The van der Waals surface area contributed by atoms with Crippen LogP contribution < -0.4 is 0 Å². The standard InChI is InChI=1S/C25H28N2O/c1-4-18(2)25-14-22-13-21(10-11-24(22)28-25)12-19(3)23-15-26-27(17-23)16-20-8-6-5-7-9-20/h5-11,13-15,17-19H,4,12,16H2,1-3H3. The molecule has 0 N–H and O–H groups in total. The van der Waals surface area contributed by atoms with Gasteiger partial charge in [-0.15, -0.1) is 0 Å². The third-order valence-corrected chi connectivity index (χ3v) is 5.65. The summed E-state index contributed by atoms with van der Waals surface area (Å²) < 4.78 is 8.04. The topological polar surface area (TPSA) is 31.0 Å². The predicted octanol–water partition coefficient (Wildman–Crippen LogP) is 6.54. The molecule has 3 heteroatoms. The molecule has 144 valence electrons. The zero-order chi connectivity index (χ0) is 19.5. The van der Waals surface area contributed by atoms with Crippen LogP contribution in [0.15, 0.2) is 71.4 Å². The van der Waals surface area contributed by atoms with E-state index in [9.17, 15) is 0 Å². The SMILES string of the molecule is CCC(C)c1cc2cc(CC(C)c3cnn(Cc4ccccc4)c3)ccc2o1. The van der Waals surface area contributed by atoms with Gasteiger partial charge in [0.05, 0.1) is 12.7 Å². The molecule has 0 aliphatic carbocycles. The van der Waals surface area contributed by atoms with Crippen LogP contribution in [0.2, 0.25) is 0 Å². The first-order valence-electron chi connectivity index (χ1n) is 10.2. The summed E-state index contributed by atoms with van der Waals surface area (Å²) in [5, 5.41) is 5.77. The number of benzene rings is 2. The summed E-state index contributed by atoms with van der Waals surface area (Å²) in [5.74, 6) is 1.97. The summed E-state index contributed by atoms with van der Waals surface area (Å²) in [7, 11) is 0. The molecule has 4 aromatic rings. The van der Waals surface area contributed by atoms with Crippen molar-refractivity contribution in [2.45, 2.75) is 52.0 Å². The molecule has 0 saturated carbocycles. The molecule has 0 radical (unpaired) electrons. The number of furan rings is 1.